The van der Waals surface area contributed by atoms with Gasteiger partial charge in [-0.25, -0.2) is 11.0 Å². The molecule has 3 aliphatic rings. The molecule has 0 radical (unpaired) electrons. The van der Waals surface area contributed by atoms with Gasteiger partial charge in [0.25, 0.3) is 5.91 Å². The standard InChI is InChI=1S/C35H43FN8O2/c1-23-9-7-10-26-11-8-12-31(32(23)26)42-14-13-29-30(21-42)38-35(46-22-24(2)41(6)28-18-40(5)19-28)39-33(29)43-15-16-44(34(45)25(3)36)27(20-43)17-37-4/h7-12,24,27-28H,3,13-22H2,1-2,5-6H3/t24-,27-/m0/s1. The van der Waals surface area contributed by atoms with Crippen LogP contribution in [0.1, 0.15) is 23.7 Å². The molecule has 46 heavy (non-hydrogen) atoms. The molecule has 0 saturated carbocycles. The summed E-state index contributed by atoms with van der Waals surface area (Å²) in [7, 11) is 4.27. The molecule has 1 aromatic heterocycles. The second kappa shape index (κ2) is 13.2. The summed E-state index contributed by atoms with van der Waals surface area (Å²) < 4.78 is 20.2. The van der Waals surface area contributed by atoms with Crippen LogP contribution in [0.2, 0.25) is 0 Å². The first-order valence-corrected chi connectivity index (χ1v) is 16.0. The highest BCUT2D eigenvalue weighted by Crippen LogP contribution is 2.36. The number of rotatable bonds is 9. The third kappa shape index (κ3) is 6.24. The van der Waals surface area contributed by atoms with Gasteiger partial charge in [0.05, 0.1) is 12.2 Å². The Kier molecular flexibility index (Phi) is 9.11. The van der Waals surface area contributed by atoms with Crippen molar-refractivity contribution < 1.29 is 13.9 Å². The number of nitrogens with zero attached hydrogens (tertiary/aromatic N) is 8. The number of hydrogen-bond acceptors (Lipinski definition) is 8. The summed E-state index contributed by atoms with van der Waals surface area (Å²) in [6, 6.07) is 13.4. The first-order valence-electron chi connectivity index (χ1n) is 16.0. The maximum absolute atomic E-state index is 13.9. The lowest BCUT2D eigenvalue weighted by Crippen LogP contribution is -2.59. The highest BCUT2D eigenvalue weighted by atomic mass is 19.1. The molecule has 2 saturated heterocycles. The summed E-state index contributed by atoms with van der Waals surface area (Å²) in [5, 5.41) is 2.45. The maximum Gasteiger partial charge on any atom is 0.318 e. The van der Waals surface area contributed by atoms with Gasteiger partial charge in [0.1, 0.15) is 18.5 Å². The molecule has 0 aliphatic carbocycles. The zero-order valence-electron chi connectivity index (χ0n) is 27.2. The van der Waals surface area contributed by atoms with Gasteiger partial charge in [-0.2, -0.15) is 9.97 Å². The highest BCUT2D eigenvalue weighted by Gasteiger charge is 2.36. The van der Waals surface area contributed by atoms with Crippen LogP contribution in [-0.2, 0) is 17.8 Å². The van der Waals surface area contributed by atoms with Crippen molar-refractivity contribution in [3.8, 4) is 6.01 Å². The third-order valence-corrected chi connectivity index (χ3v) is 9.80. The molecule has 0 bridgehead atoms. The molecule has 11 heteroatoms. The summed E-state index contributed by atoms with van der Waals surface area (Å²) in [5.74, 6) is -0.981. The van der Waals surface area contributed by atoms with Gasteiger partial charge in [0, 0.05) is 68.0 Å². The summed E-state index contributed by atoms with van der Waals surface area (Å²) >= 11 is 0. The molecule has 6 rings (SSSR count). The quantitative estimate of drug-likeness (QED) is 0.262. The lowest BCUT2D eigenvalue weighted by Gasteiger charge is -2.44. The van der Waals surface area contributed by atoms with Gasteiger partial charge >= 0.3 is 6.01 Å². The van der Waals surface area contributed by atoms with E-state index in [4.69, 9.17) is 21.3 Å². The molecule has 10 nitrogen and oxygen atoms in total. The number of carbonyl (C=O) groups excluding carboxylic acids is 1. The van der Waals surface area contributed by atoms with Crippen LogP contribution in [0.25, 0.3) is 15.6 Å². The predicted octanol–water partition coefficient (Wildman–Crippen LogP) is 3.93. The van der Waals surface area contributed by atoms with Crippen LogP contribution in [0.3, 0.4) is 0 Å². The molecule has 2 aromatic carbocycles. The Balaban J connectivity index is 1.31. The Morgan fingerprint density at radius 3 is 2.63 bits per heavy atom. The van der Waals surface area contributed by atoms with Gasteiger partial charge in [-0.05, 0) is 51.4 Å². The number of ether oxygens (including phenoxy) is 1. The summed E-state index contributed by atoms with van der Waals surface area (Å²) in [5.41, 5.74) is 4.38. The van der Waals surface area contributed by atoms with E-state index in [9.17, 15) is 9.18 Å². The second-order valence-electron chi connectivity index (χ2n) is 12.9. The predicted molar refractivity (Wildman–Crippen MR) is 179 cm³/mol. The van der Waals surface area contributed by atoms with Crippen molar-refractivity contribution >= 4 is 28.2 Å². The molecule has 3 aromatic rings. The van der Waals surface area contributed by atoms with E-state index in [1.165, 1.54) is 26.9 Å². The lowest BCUT2D eigenvalue weighted by molar-refractivity contribution is -0.131. The van der Waals surface area contributed by atoms with Crippen LogP contribution >= 0.6 is 0 Å². The molecular formula is C35H43FN8O2. The number of likely N-dealkylation sites (tertiary alicyclic amines) is 1. The number of benzene rings is 2. The fraction of sp³-hybridized carbons (Fsp3) is 0.486. The van der Waals surface area contributed by atoms with E-state index < -0.39 is 17.8 Å². The Morgan fingerprint density at radius 1 is 1.15 bits per heavy atom. The van der Waals surface area contributed by atoms with E-state index >= 15 is 0 Å². The van der Waals surface area contributed by atoms with Gasteiger partial charge in [-0.3, -0.25) is 9.69 Å². The van der Waals surface area contributed by atoms with Crippen LogP contribution in [0.4, 0.5) is 15.9 Å². The maximum atomic E-state index is 13.9. The van der Waals surface area contributed by atoms with Crippen molar-refractivity contribution in [2.24, 2.45) is 0 Å². The van der Waals surface area contributed by atoms with Crippen molar-refractivity contribution in [1.29, 1.82) is 0 Å². The molecule has 4 heterocycles. The SMILES string of the molecule is [C-]#[N+]C[C@H]1CN(c2nc(OC[C@H](C)N(C)C3CN(C)C3)nc3c2CCN(c2cccc4cccc(C)c24)C3)CCN1C(=O)C(=C)F. The first-order chi connectivity index (χ1) is 22.1. The average molecular weight is 627 g/mol. The van der Waals surface area contributed by atoms with Gasteiger partial charge in [0.15, 0.2) is 5.83 Å². The molecule has 0 N–H and O–H groups in total. The Morgan fingerprint density at radius 2 is 1.91 bits per heavy atom. The van der Waals surface area contributed by atoms with Crippen LogP contribution in [0, 0.1) is 13.5 Å². The van der Waals surface area contributed by atoms with Crippen molar-refractivity contribution in [3.63, 3.8) is 0 Å². The van der Waals surface area contributed by atoms with E-state index in [2.05, 4.69) is 95.4 Å². The van der Waals surface area contributed by atoms with E-state index in [0.717, 1.165) is 43.1 Å². The van der Waals surface area contributed by atoms with Crippen LogP contribution in [-0.4, -0.2) is 115 Å². The van der Waals surface area contributed by atoms with Crippen molar-refractivity contribution in [3.05, 3.63) is 77.0 Å². The van der Waals surface area contributed by atoms with Crippen LogP contribution in [0.15, 0.2) is 48.8 Å². The Bertz CT molecular complexity index is 1660. The topological polar surface area (TPSA) is 72.6 Å². The second-order valence-corrected chi connectivity index (χ2v) is 12.9. The largest absolute Gasteiger partial charge is 0.462 e. The summed E-state index contributed by atoms with van der Waals surface area (Å²) in [6.45, 7) is 20.1. The normalized spacial score (nSPS) is 19.5. The van der Waals surface area contributed by atoms with E-state index in [1.54, 1.807) is 0 Å². The Hall–Kier alpha value is -4.27. The Labute approximate surface area is 270 Å². The zero-order valence-corrected chi connectivity index (χ0v) is 27.2. The number of halogens is 1. The van der Waals surface area contributed by atoms with E-state index in [0.29, 0.717) is 38.3 Å². The molecule has 3 aliphatic heterocycles. The van der Waals surface area contributed by atoms with Crippen molar-refractivity contribution in [1.82, 2.24) is 24.7 Å². The van der Waals surface area contributed by atoms with Crippen LogP contribution in [0.5, 0.6) is 6.01 Å². The number of piperazine rings is 1. The van der Waals surface area contributed by atoms with Crippen LogP contribution < -0.4 is 14.5 Å². The number of fused-ring (bicyclic) bond motifs is 2. The minimum Gasteiger partial charge on any atom is -0.462 e. The number of aromatic nitrogens is 2. The fourth-order valence-electron chi connectivity index (χ4n) is 7.02. The fourth-order valence-corrected chi connectivity index (χ4v) is 7.02. The lowest BCUT2D eigenvalue weighted by atomic mass is 9.99. The smallest absolute Gasteiger partial charge is 0.318 e. The summed E-state index contributed by atoms with van der Waals surface area (Å²) in [4.78, 5) is 36.7. The monoisotopic (exact) mass is 626 g/mol. The molecule has 2 fully saturated rings. The van der Waals surface area contributed by atoms with Gasteiger partial charge in [0.2, 0.25) is 6.54 Å². The number of anilines is 2. The molecule has 0 unspecified atom stereocenters. The zero-order chi connectivity index (χ0) is 32.5. The first kappa shape index (κ1) is 31.7. The molecule has 242 valence electrons. The third-order valence-electron chi connectivity index (χ3n) is 9.80. The number of carbonyl (C=O) groups is 1. The summed E-state index contributed by atoms with van der Waals surface area (Å²) in [6.07, 6.45) is 0.732. The number of amides is 1. The van der Waals surface area contributed by atoms with Gasteiger partial charge in [-0.1, -0.05) is 36.9 Å². The van der Waals surface area contributed by atoms with Crippen molar-refractivity contribution in [2.45, 2.75) is 44.9 Å². The van der Waals surface area contributed by atoms with Gasteiger partial charge in [-0.15, -0.1) is 0 Å². The average Bonchev–Trinajstić information content (AvgIpc) is 3.04. The number of hydrogen-bond donors (Lipinski definition) is 0. The molecule has 2 atom stereocenters. The van der Waals surface area contributed by atoms with Crippen molar-refractivity contribution in [2.75, 3.05) is 76.3 Å². The molecule has 0 spiro atoms. The van der Waals surface area contributed by atoms with Gasteiger partial charge < -0.3 is 29.2 Å². The minimum atomic E-state index is -1.00. The van der Waals surface area contributed by atoms with E-state index in [1.807, 2.05) is 0 Å². The minimum absolute atomic E-state index is 0.0700. The number of likely N-dealkylation sites (N-methyl/N-ethyl adjacent to an activating group) is 2. The molecule has 1 amide bonds. The molecular weight excluding hydrogens is 583 g/mol. The van der Waals surface area contributed by atoms with E-state index in [-0.39, 0.29) is 19.1 Å². The highest BCUT2D eigenvalue weighted by molar-refractivity contribution is 5.97. The number of aryl methyl sites for hydroxylation is 1.